The molecule has 0 aliphatic carbocycles. The molecule has 0 bridgehead atoms. The highest BCUT2D eigenvalue weighted by molar-refractivity contribution is 8.00. The van der Waals surface area contributed by atoms with Crippen LogP contribution in [0, 0.1) is 6.92 Å². The summed E-state index contributed by atoms with van der Waals surface area (Å²) in [5.41, 5.74) is 0.979. The van der Waals surface area contributed by atoms with Gasteiger partial charge in [0.2, 0.25) is 5.91 Å². The molecular formula is C12H13F3N2O2S. The maximum atomic E-state index is 11.8. The van der Waals surface area contributed by atoms with Crippen molar-refractivity contribution in [2.45, 2.75) is 18.0 Å². The van der Waals surface area contributed by atoms with Crippen LogP contribution in [0.5, 0.6) is 0 Å². The van der Waals surface area contributed by atoms with Crippen molar-refractivity contribution >= 4 is 23.7 Å². The molecule has 1 aromatic rings. The lowest BCUT2D eigenvalue weighted by Crippen LogP contribution is -2.43. The van der Waals surface area contributed by atoms with Crippen molar-refractivity contribution in [2.75, 3.05) is 12.3 Å². The number of halogens is 3. The van der Waals surface area contributed by atoms with Crippen molar-refractivity contribution in [2.24, 2.45) is 0 Å². The van der Waals surface area contributed by atoms with E-state index in [0.29, 0.717) is 0 Å². The summed E-state index contributed by atoms with van der Waals surface area (Å²) in [5, 5.41) is 3.39. The second kappa shape index (κ2) is 7.18. The average Bonchev–Trinajstić information content (AvgIpc) is 2.35. The van der Waals surface area contributed by atoms with Crippen LogP contribution in [0.25, 0.3) is 0 Å². The van der Waals surface area contributed by atoms with Gasteiger partial charge in [0.15, 0.2) is 0 Å². The third kappa shape index (κ3) is 6.46. The van der Waals surface area contributed by atoms with Gasteiger partial charge in [-0.05, 0) is 18.6 Å². The highest BCUT2D eigenvalue weighted by Gasteiger charge is 2.27. The largest absolute Gasteiger partial charge is 0.405 e. The zero-order chi connectivity index (χ0) is 15.2. The van der Waals surface area contributed by atoms with Crippen molar-refractivity contribution in [3.05, 3.63) is 29.8 Å². The van der Waals surface area contributed by atoms with Gasteiger partial charge in [-0.25, -0.2) is 4.79 Å². The first kappa shape index (κ1) is 16.4. The molecule has 20 heavy (non-hydrogen) atoms. The Morgan fingerprint density at radius 3 is 2.50 bits per heavy atom. The minimum atomic E-state index is -4.50. The number of carbonyl (C=O) groups is 2. The Hall–Kier alpha value is -1.70. The second-order valence-corrected chi connectivity index (χ2v) is 4.92. The number of nitrogens with one attached hydrogen (secondary N) is 2. The summed E-state index contributed by atoms with van der Waals surface area (Å²) < 4.78 is 35.5. The lowest BCUT2D eigenvalue weighted by Gasteiger charge is -2.09. The SMILES string of the molecule is Cc1ccccc1SCC(=O)NC(=O)NCC(F)(F)F. The van der Waals surface area contributed by atoms with Gasteiger partial charge >= 0.3 is 12.2 Å². The topological polar surface area (TPSA) is 58.2 Å². The Morgan fingerprint density at radius 1 is 1.25 bits per heavy atom. The lowest BCUT2D eigenvalue weighted by atomic mass is 10.2. The van der Waals surface area contributed by atoms with Gasteiger partial charge in [0, 0.05) is 4.90 Å². The van der Waals surface area contributed by atoms with Gasteiger partial charge in [-0.3, -0.25) is 10.1 Å². The third-order valence-corrected chi connectivity index (χ3v) is 3.33. The molecule has 1 aromatic carbocycles. The fourth-order valence-corrected chi connectivity index (χ4v) is 2.08. The molecule has 0 aromatic heterocycles. The van der Waals surface area contributed by atoms with Gasteiger partial charge in [-0.15, -0.1) is 11.8 Å². The third-order valence-electron chi connectivity index (χ3n) is 2.15. The Balaban J connectivity index is 2.34. The molecule has 0 aliphatic rings. The van der Waals surface area contributed by atoms with Crippen molar-refractivity contribution in [3.8, 4) is 0 Å². The molecule has 110 valence electrons. The molecule has 1 rings (SSSR count). The first-order valence-corrected chi connectivity index (χ1v) is 6.59. The highest BCUT2D eigenvalue weighted by atomic mass is 32.2. The maximum absolute atomic E-state index is 11.8. The molecule has 0 aliphatic heterocycles. The monoisotopic (exact) mass is 306 g/mol. The van der Waals surface area contributed by atoms with Crippen LogP contribution < -0.4 is 10.6 Å². The van der Waals surface area contributed by atoms with E-state index in [1.54, 1.807) is 5.32 Å². The lowest BCUT2D eigenvalue weighted by molar-refractivity contribution is -0.124. The van der Waals surface area contributed by atoms with Crippen LogP contribution in [-0.2, 0) is 4.79 Å². The summed E-state index contributed by atoms with van der Waals surface area (Å²) in [5.74, 6) is -0.706. The average molecular weight is 306 g/mol. The number of amides is 3. The van der Waals surface area contributed by atoms with Crippen LogP contribution in [0.1, 0.15) is 5.56 Å². The molecule has 0 saturated carbocycles. The maximum Gasteiger partial charge on any atom is 0.405 e. The van der Waals surface area contributed by atoms with Crippen LogP contribution in [0.3, 0.4) is 0 Å². The zero-order valence-corrected chi connectivity index (χ0v) is 11.4. The number of aryl methyl sites for hydroxylation is 1. The number of hydrogen-bond acceptors (Lipinski definition) is 3. The number of urea groups is 1. The fourth-order valence-electron chi connectivity index (χ4n) is 1.25. The number of imide groups is 1. The van der Waals surface area contributed by atoms with E-state index in [0.717, 1.165) is 10.5 Å². The van der Waals surface area contributed by atoms with Crippen LogP contribution >= 0.6 is 11.8 Å². The summed E-state index contributed by atoms with van der Waals surface area (Å²) in [7, 11) is 0. The summed E-state index contributed by atoms with van der Waals surface area (Å²) >= 11 is 1.21. The summed E-state index contributed by atoms with van der Waals surface area (Å²) in [6, 6.07) is 6.19. The van der Waals surface area contributed by atoms with E-state index in [9.17, 15) is 22.8 Å². The number of benzene rings is 1. The van der Waals surface area contributed by atoms with Crippen molar-refractivity contribution in [1.82, 2.24) is 10.6 Å². The first-order chi connectivity index (χ1) is 9.28. The number of rotatable bonds is 4. The minimum absolute atomic E-state index is 0.0513. The predicted molar refractivity (Wildman–Crippen MR) is 69.5 cm³/mol. The van der Waals surface area contributed by atoms with Crippen molar-refractivity contribution in [3.63, 3.8) is 0 Å². The number of thioether (sulfide) groups is 1. The predicted octanol–water partition coefficient (Wildman–Crippen LogP) is 2.48. The summed E-state index contributed by atoms with van der Waals surface area (Å²) in [6.07, 6.45) is -4.50. The molecule has 0 radical (unpaired) electrons. The smallest absolute Gasteiger partial charge is 0.329 e. The molecule has 0 fully saturated rings. The van der Waals surface area contributed by atoms with E-state index in [-0.39, 0.29) is 5.75 Å². The molecule has 0 saturated heterocycles. The van der Waals surface area contributed by atoms with E-state index in [1.807, 2.05) is 36.5 Å². The van der Waals surface area contributed by atoms with E-state index in [1.165, 1.54) is 11.8 Å². The van der Waals surface area contributed by atoms with E-state index in [4.69, 9.17) is 0 Å². The quantitative estimate of drug-likeness (QED) is 0.840. The summed E-state index contributed by atoms with van der Waals surface area (Å²) in [6.45, 7) is 0.396. The zero-order valence-electron chi connectivity index (χ0n) is 10.6. The summed E-state index contributed by atoms with van der Waals surface area (Å²) in [4.78, 5) is 23.3. The fraction of sp³-hybridized carbons (Fsp3) is 0.333. The second-order valence-electron chi connectivity index (χ2n) is 3.90. The Morgan fingerprint density at radius 2 is 1.90 bits per heavy atom. The molecule has 0 spiro atoms. The molecule has 4 nitrogen and oxygen atoms in total. The minimum Gasteiger partial charge on any atom is -0.329 e. The normalized spacial score (nSPS) is 11.0. The van der Waals surface area contributed by atoms with Gasteiger partial charge < -0.3 is 5.32 Å². The number of alkyl halides is 3. The van der Waals surface area contributed by atoms with Crippen molar-refractivity contribution < 1.29 is 22.8 Å². The molecule has 0 atom stereocenters. The molecule has 0 heterocycles. The van der Waals surface area contributed by atoms with Gasteiger partial charge in [0.25, 0.3) is 0 Å². The Bertz CT molecular complexity index is 492. The number of hydrogen-bond donors (Lipinski definition) is 2. The van der Waals surface area contributed by atoms with Crippen LogP contribution in [0.2, 0.25) is 0 Å². The van der Waals surface area contributed by atoms with Crippen molar-refractivity contribution in [1.29, 1.82) is 0 Å². The standard InChI is InChI=1S/C12H13F3N2O2S/c1-8-4-2-3-5-9(8)20-6-10(18)17-11(19)16-7-12(13,14)15/h2-5H,6-7H2,1H3,(H2,16,17,18,19). The van der Waals surface area contributed by atoms with E-state index in [2.05, 4.69) is 0 Å². The van der Waals surface area contributed by atoms with Gasteiger partial charge in [0.05, 0.1) is 5.75 Å². The van der Waals surface area contributed by atoms with Gasteiger partial charge in [-0.1, -0.05) is 18.2 Å². The van der Waals surface area contributed by atoms with E-state index < -0.39 is 24.7 Å². The van der Waals surface area contributed by atoms with Gasteiger partial charge in [0.1, 0.15) is 6.54 Å². The Kier molecular flexibility index (Phi) is 5.87. The Labute approximate surface area is 118 Å². The molecule has 2 N–H and O–H groups in total. The van der Waals surface area contributed by atoms with Crippen LogP contribution in [0.15, 0.2) is 29.2 Å². The molecule has 3 amide bonds. The molecule has 8 heteroatoms. The van der Waals surface area contributed by atoms with Gasteiger partial charge in [-0.2, -0.15) is 13.2 Å². The number of carbonyl (C=O) groups excluding carboxylic acids is 2. The molecular weight excluding hydrogens is 293 g/mol. The van der Waals surface area contributed by atoms with Crippen LogP contribution in [-0.4, -0.2) is 30.4 Å². The van der Waals surface area contributed by atoms with E-state index >= 15 is 0 Å². The molecule has 0 unspecified atom stereocenters. The van der Waals surface area contributed by atoms with Crippen LogP contribution in [0.4, 0.5) is 18.0 Å². The highest BCUT2D eigenvalue weighted by Crippen LogP contribution is 2.21. The first-order valence-electron chi connectivity index (χ1n) is 5.61.